The van der Waals surface area contributed by atoms with E-state index >= 15 is 0 Å². The lowest BCUT2D eigenvalue weighted by Gasteiger charge is -2.15. The largest absolute Gasteiger partial charge is 0.345 e. The van der Waals surface area contributed by atoms with Gasteiger partial charge >= 0.3 is 0 Å². The Hall–Kier alpha value is -1.46. The third-order valence-electron chi connectivity index (χ3n) is 3.32. The molecule has 0 aliphatic carbocycles. The van der Waals surface area contributed by atoms with E-state index in [1.54, 1.807) is 11.3 Å². The molecule has 0 aliphatic heterocycles. The minimum Gasteiger partial charge on any atom is -0.345 e. The fourth-order valence-corrected chi connectivity index (χ4v) is 3.18. The van der Waals surface area contributed by atoms with Gasteiger partial charge in [0, 0.05) is 23.7 Å². The number of aromatic nitrogens is 2. The highest BCUT2D eigenvalue weighted by atomic mass is 32.1. The van der Waals surface area contributed by atoms with Gasteiger partial charge in [-0.15, -0.1) is 11.3 Å². The Morgan fingerprint density at radius 1 is 1.30 bits per heavy atom. The molecule has 0 bridgehead atoms. The highest BCUT2D eigenvalue weighted by molar-refractivity contribution is 7.15. The number of hydrogen-bond donors (Lipinski definition) is 1. The molecule has 4 nitrogen and oxygen atoms in total. The Morgan fingerprint density at radius 3 is 2.70 bits per heavy atom. The summed E-state index contributed by atoms with van der Waals surface area (Å²) in [4.78, 5) is 12.7. The van der Waals surface area contributed by atoms with Crippen molar-refractivity contribution in [1.82, 2.24) is 15.3 Å². The van der Waals surface area contributed by atoms with Crippen LogP contribution >= 0.6 is 11.3 Å². The fourth-order valence-electron chi connectivity index (χ4n) is 2.09. The topological polar surface area (TPSA) is 41.0 Å². The second-order valence-electron chi connectivity index (χ2n) is 5.08. The standard InChI is InChI=1S/C15H22N4S/c1-10-7-6-8-13(17-10)9-19(5)15-18-12(3)14(20-15)11(2)16-4/h6-8,11,16H,9H2,1-5H3. The minimum absolute atomic E-state index is 0.340. The highest BCUT2D eigenvalue weighted by Gasteiger charge is 2.15. The first-order valence-corrected chi connectivity index (χ1v) is 7.61. The summed E-state index contributed by atoms with van der Waals surface area (Å²) in [6.07, 6.45) is 0. The fraction of sp³-hybridized carbons (Fsp3) is 0.467. The van der Waals surface area contributed by atoms with Crippen LogP contribution in [0, 0.1) is 13.8 Å². The third-order valence-corrected chi connectivity index (χ3v) is 4.77. The molecule has 0 saturated carbocycles. The summed E-state index contributed by atoms with van der Waals surface area (Å²) < 4.78 is 0. The van der Waals surface area contributed by atoms with Crippen molar-refractivity contribution in [1.29, 1.82) is 0 Å². The Labute approximate surface area is 124 Å². The molecule has 5 heteroatoms. The maximum atomic E-state index is 4.67. The molecule has 2 heterocycles. The molecule has 2 rings (SSSR count). The molecule has 0 radical (unpaired) electrons. The summed E-state index contributed by atoms with van der Waals surface area (Å²) in [6, 6.07) is 6.46. The molecule has 108 valence electrons. The average Bonchev–Trinajstić information content (AvgIpc) is 2.80. The predicted molar refractivity (Wildman–Crippen MR) is 85.4 cm³/mol. The van der Waals surface area contributed by atoms with Gasteiger partial charge in [-0.25, -0.2) is 4.98 Å². The molecule has 2 aromatic rings. The minimum atomic E-state index is 0.340. The van der Waals surface area contributed by atoms with Crippen molar-refractivity contribution >= 4 is 16.5 Å². The zero-order valence-corrected chi connectivity index (χ0v) is 13.6. The average molecular weight is 290 g/mol. The lowest BCUT2D eigenvalue weighted by Crippen LogP contribution is -2.17. The summed E-state index contributed by atoms with van der Waals surface area (Å²) >= 11 is 1.75. The van der Waals surface area contributed by atoms with Gasteiger partial charge in [0.1, 0.15) is 0 Å². The molecule has 1 unspecified atom stereocenters. The van der Waals surface area contributed by atoms with E-state index in [1.165, 1.54) is 4.88 Å². The van der Waals surface area contributed by atoms with Crippen molar-refractivity contribution in [3.63, 3.8) is 0 Å². The van der Waals surface area contributed by atoms with E-state index in [1.807, 2.05) is 26.1 Å². The van der Waals surface area contributed by atoms with E-state index < -0.39 is 0 Å². The second-order valence-corrected chi connectivity index (χ2v) is 6.09. The monoisotopic (exact) mass is 290 g/mol. The summed E-state index contributed by atoms with van der Waals surface area (Å²) in [5.41, 5.74) is 3.23. The highest BCUT2D eigenvalue weighted by Crippen LogP contribution is 2.30. The zero-order chi connectivity index (χ0) is 14.7. The van der Waals surface area contributed by atoms with Gasteiger partial charge in [-0.1, -0.05) is 6.07 Å². The first kappa shape index (κ1) is 14.9. The molecule has 0 aliphatic rings. The van der Waals surface area contributed by atoms with E-state index in [0.717, 1.165) is 28.8 Å². The van der Waals surface area contributed by atoms with Crippen LogP contribution in [0.4, 0.5) is 5.13 Å². The van der Waals surface area contributed by atoms with Crippen LogP contribution < -0.4 is 10.2 Å². The van der Waals surface area contributed by atoms with Crippen LogP contribution in [-0.4, -0.2) is 24.1 Å². The van der Waals surface area contributed by atoms with Gasteiger partial charge in [0.05, 0.1) is 17.9 Å². The van der Waals surface area contributed by atoms with Crippen LogP contribution in [0.5, 0.6) is 0 Å². The molecular formula is C15H22N4S. The Kier molecular flexibility index (Phi) is 4.73. The normalized spacial score (nSPS) is 12.4. The number of nitrogens with one attached hydrogen (secondary N) is 1. The number of pyridine rings is 1. The van der Waals surface area contributed by atoms with Crippen LogP contribution in [-0.2, 0) is 6.54 Å². The van der Waals surface area contributed by atoms with E-state index in [-0.39, 0.29) is 0 Å². The number of thiazole rings is 1. The van der Waals surface area contributed by atoms with Gasteiger partial charge in [-0.05, 0) is 40.0 Å². The molecule has 1 N–H and O–H groups in total. The number of rotatable bonds is 5. The number of aryl methyl sites for hydroxylation is 2. The quantitative estimate of drug-likeness (QED) is 0.919. The molecule has 0 spiro atoms. The molecule has 2 aromatic heterocycles. The molecule has 0 amide bonds. The van der Waals surface area contributed by atoms with Crippen LogP contribution in [0.1, 0.15) is 34.9 Å². The molecule has 0 saturated heterocycles. The lowest BCUT2D eigenvalue weighted by molar-refractivity contribution is 0.658. The SMILES string of the molecule is CNC(C)c1sc(N(C)Cc2cccc(C)n2)nc1C. The Morgan fingerprint density at radius 2 is 2.05 bits per heavy atom. The van der Waals surface area contributed by atoms with E-state index in [4.69, 9.17) is 0 Å². The maximum Gasteiger partial charge on any atom is 0.185 e. The van der Waals surface area contributed by atoms with Crippen LogP contribution in [0.2, 0.25) is 0 Å². The van der Waals surface area contributed by atoms with Gasteiger partial charge in [0.25, 0.3) is 0 Å². The van der Waals surface area contributed by atoms with Crippen molar-refractivity contribution in [2.24, 2.45) is 0 Å². The van der Waals surface area contributed by atoms with Gasteiger partial charge in [0.2, 0.25) is 0 Å². The first-order valence-electron chi connectivity index (χ1n) is 6.79. The zero-order valence-electron chi connectivity index (χ0n) is 12.8. The smallest absolute Gasteiger partial charge is 0.185 e. The van der Waals surface area contributed by atoms with Gasteiger partial charge in [-0.3, -0.25) is 4.98 Å². The number of anilines is 1. The van der Waals surface area contributed by atoms with Crippen molar-refractivity contribution in [2.75, 3.05) is 19.0 Å². The first-order chi connectivity index (χ1) is 9.51. The van der Waals surface area contributed by atoms with E-state index in [9.17, 15) is 0 Å². The number of nitrogens with zero attached hydrogens (tertiary/aromatic N) is 3. The predicted octanol–water partition coefficient (Wildman–Crippen LogP) is 3.07. The van der Waals surface area contributed by atoms with Crippen molar-refractivity contribution < 1.29 is 0 Å². The molecule has 1 atom stereocenters. The molecule has 0 aromatic carbocycles. The van der Waals surface area contributed by atoms with Crippen molar-refractivity contribution in [3.05, 3.63) is 40.2 Å². The van der Waals surface area contributed by atoms with Crippen molar-refractivity contribution in [3.8, 4) is 0 Å². The Bertz CT molecular complexity index is 579. The summed E-state index contributed by atoms with van der Waals surface area (Å²) in [6.45, 7) is 7.03. The summed E-state index contributed by atoms with van der Waals surface area (Å²) in [7, 11) is 4.04. The van der Waals surface area contributed by atoms with Gasteiger partial charge in [-0.2, -0.15) is 0 Å². The van der Waals surface area contributed by atoms with Gasteiger partial charge in [0.15, 0.2) is 5.13 Å². The van der Waals surface area contributed by atoms with Gasteiger partial charge < -0.3 is 10.2 Å². The van der Waals surface area contributed by atoms with Crippen molar-refractivity contribution in [2.45, 2.75) is 33.4 Å². The van der Waals surface area contributed by atoms with E-state index in [2.05, 4.69) is 47.1 Å². The Balaban J connectivity index is 2.15. The van der Waals surface area contributed by atoms with E-state index in [0.29, 0.717) is 6.04 Å². The maximum absolute atomic E-state index is 4.67. The van der Waals surface area contributed by atoms with Crippen LogP contribution in [0.25, 0.3) is 0 Å². The third kappa shape index (κ3) is 3.35. The summed E-state index contributed by atoms with van der Waals surface area (Å²) in [5, 5.41) is 4.32. The number of hydrogen-bond acceptors (Lipinski definition) is 5. The molecule has 20 heavy (non-hydrogen) atoms. The van der Waals surface area contributed by atoms with Crippen LogP contribution in [0.15, 0.2) is 18.2 Å². The summed E-state index contributed by atoms with van der Waals surface area (Å²) in [5.74, 6) is 0. The molecular weight excluding hydrogens is 268 g/mol. The molecule has 0 fully saturated rings. The lowest BCUT2D eigenvalue weighted by atomic mass is 10.2. The van der Waals surface area contributed by atoms with Crippen LogP contribution in [0.3, 0.4) is 0 Å². The second kappa shape index (κ2) is 6.33.